The summed E-state index contributed by atoms with van der Waals surface area (Å²) < 4.78 is 0. The third-order valence-electron chi connectivity index (χ3n) is 3.54. The first-order valence-corrected chi connectivity index (χ1v) is 6.30. The van der Waals surface area contributed by atoms with Gasteiger partial charge in [0, 0.05) is 18.3 Å². The molecule has 3 heteroatoms. The minimum absolute atomic E-state index is 0.130. The Morgan fingerprint density at radius 2 is 2.18 bits per heavy atom. The highest BCUT2D eigenvalue weighted by molar-refractivity contribution is 5.85. The number of amides is 1. The van der Waals surface area contributed by atoms with E-state index in [1.165, 1.54) is 5.69 Å². The Kier molecular flexibility index (Phi) is 3.36. The number of hydrogen-bond donors (Lipinski definition) is 1. The average molecular weight is 232 g/mol. The molecule has 0 aliphatic carbocycles. The van der Waals surface area contributed by atoms with Crippen molar-refractivity contribution < 1.29 is 4.79 Å². The molecule has 0 fully saturated rings. The molecule has 1 amide bonds. The molecule has 0 unspecified atom stereocenters. The Balaban J connectivity index is 2.43. The molecule has 0 saturated heterocycles. The Hall–Kier alpha value is -1.51. The van der Waals surface area contributed by atoms with Crippen LogP contribution in [0.3, 0.4) is 0 Å². The van der Waals surface area contributed by atoms with Crippen LogP contribution < -0.4 is 10.6 Å². The molecular formula is C14H20N2O. The number of hydrogen-bond acceptors (Lipinski definition) is 2. The fourth-order valence-corrected chi connectivity index (χ4v) is 2.73. The summed E-state index contributed by atoms with van der Waals surface area (Å²) >= 11 is 0. The Bertz CT molecular complexity index is 416. The number of carbonyl (C=O) groups is 1. The van der Waals surface area contributed by atoms with Crippen molar-refractivity contribution in [2.75, 3.05) is 11.4 Å². The van der Waals surface area contributed by atoms with Crippen LogP contribution in [0.5, 0.6) is 0 Å². The maximum atomic E-state index is 11.5. The number of primary amides is 1. The molecule has 92 valence electrons. The highest BCUT2D eigenvalue weighted by Gasteiger charge is 2.32. The van der Waals surface area contributed by atoms with E-state index in [4.69, 9.17) is 5.73 Å². The quantitative estimate of drug-likeness (QED) is 0.869. The summed E-state index contributed by atoms with van der Waals surface area (Å²) in [6.07, 6.45) is 1.94. The molecule has 2 atom stereocenters. The van der Waals surface area contributed by atoms with Gasteiger partial charge in [-0.3, -0.25) is 4.79 Å². The monoisotopic (exact) mass is 232 g/mol. The zero-order valence-electron chi connectivity index (χ0n) is 10.5. The summed E-state index contributed by atoms with van der Waals surface area (Å²) in [7, 11) is 0. The third-order valence-corrected chi connectivity index (χ3v) is 3.54. The van der Waals surface area contributed by atoms with Crippen LogP contribution in [0.15, 0.2) is 24.3 Å². The molecule has 0 bridgehead atoms. The Labute approximate surface area is 103 Å². The zero-order chi connectivity index (χ0) is 12.4. The van der Waals surface area contributed by atoms with Gasteiger partial charge in [-0.2, -0.15) is 0 Å². The highest BCUT2D eigenvalue weighted by Crippen LogP contribution is 2.38. The lowest BCUT2D eigenvalue weighted by Gasteiger charge is -2.39. The molecule has 0 spiro atoms. The van der Waals surface area contributed by atoms with E-state index in [9.17, 15) is 4.79 Å². The number of nitrogens with zero attached hydrogens (tertiary/aromatic N) is 1. The first kappa shape index (κ1) is 12.0. The van der Waals surface area contributed by atoms with Crippen LogP contribution >= 0.6 is 0 Å². The van der Waals surface area contributed by atoms with E-state index in [-0.39, 0.29) is 11.8 Å². The molecule has 0 saturated carbocycles. The predicted octanol–water partition coefficient (Wildman–Crippen LogP) is 2.26. The lowest BCUT2D eigenvalue weighted by molar-refractivity contribution is -0.119. The van der Waals surface area contributed by atoms with Crippen molar-refractivity contribution in [3.63, 3.8) is 0 Å². The van der Waals surface area contributed by atoms with E-state index in [0.29, 0.717) is 6.04 Å². The van der Waals surface area contributed by atoms with Crippen LogP contribution in [0, 0.1) is 0 Å². The summed E-state index contributed by atoms with van der Waals surface area (Å²) in [5.41, 5.74) is 7.77. The van der Waals surface area contributed by atoms with Crippen LogP contribution in [0.2, 0.25) is 0 Å². The molecule has 1 aromatic rings. The largest absolute Gasteiger partial charge is 0.369 e. The fourth-order valence-electron chi connectivity index (χ4n) is 2.73. The minimum atomic E-state index is -0.208. The molecule has 3 nitrogen and oxygen atoms in total. The van der Waals surface area contributed by atoms with Gasteiger partial charge >= 0.3 is 0 Å². The topological polar surface area (TPSA) is 46.3 Å². The van der Waals surface area contributed by atoms with Crippen LogP contribution in [-0.2, 0) is 4.79 Å². The predicted molar refractivity (Wildman–Crippen MR) is 70.1 cm³/mol. The van der Waals surface area contributed by atoms with Crippen molar-refractivity contribution in [3.05, 3.63) is 29.8 Å². The molecule has 2 rings (SSSR count). The number of para-hydroxylation sites is 1. The molecule has 0 aromatic heterocycles. The Morgan fingerprint density at radius 1 is 1.47 bits per heavy atom. The number of benzene rings is 1. The molecule has 2 N–H and O–H groups in total. The summed E-state index contributed by atoms with van der Waals surface area (Å²) in [6.45, 7) is 5.38. The van der Waals surface area contributed by atoms with Crippen molar-refractivity contribution in [2.24, 2.45) is 5.73 Å². The standard InChI is InChI=1S/C14H20N2O/c1-3-8-16-10(2)9-12(14(15)17)11-6-4-5-7-13(11)16/h4-7,10,12H,3,8-9H2,1-2H3,(H2,15,17)/t10-,12+/m0/s1. The summed E-state index contributed by atoms with van der Waals surface area (Å²) in [4.78, 5) is 13.9. The number of anilines is 1. The average Bonchev–Trinajstić information content (AvgIpc) is 2.32. The van der Waals surface area contributed by atoms with Gasteiger partial charge in [0.15, 0.2) is 0 Å². The molecular weight excluding hydrogens is 212 g/mol. The van der Waals surface area contributed by atoms with Crippen molar-refractivity contribution in [1.82, 2.24) is 0 Å². The van der Waals surface area contributed by atoms with Gasteiger partial charge in [0.1, 0.15) is 0 Å². The van der Waals surface area contributed by atoms with Crippen molar-refractivity contribution in [3.8, 4) is 0 Å². The van der Waals surface area contributed by atoms with Gasteiger partial charge < -0.3 is 10.6 Å². The summed E-state index contributed by atoms with van der Waals surface area (Å²) in [5, 5.41) is 0. The van der Waals surface area contributed by atoms with Gasteiger partial charge in [0.2, 0.25) is 5.91 Å². The number of rotatable bonds is 3. The van der Waals surface area contributed by atoms with Gasteiger partial charge in [0.25, 0.3) is 0 Å². The molecule has 1 aliphatic heterocycles. The number of fused-ring (bicyclic) bond motifs is 1. The van der Waals surface area contributed by atoms with E-state index >= 15 is 0 Å². The highest BCUT2D eigenvalue weighted by atomic mass is 16.1. The number of carbonyl (C=O) groups excluding carboxylic acids is 1. The molecule has 1 heterocycles. The van der Waals surface area contributed by atoms with E-state index in [1.807, 2.05) is 18.2 Å². The maximum Gasteiger partial charge on any atom is 0.225 e. The molecule has 1 aliphatic rings. The molecule has 1 aromatic carbocycles. The summed E-state index contributed by atoms with van der Waals surface area (Å²) in [5.74, 6) is -0.338. The second-order valence-corrected chi connectivity index (χ2v) is 4.79. The van der Waals surface area contributed by atoms with E-state index in [2.05, 4.69) is 24.8 Å². The zero-order valence-corrected chi connectivity index (χ0v) is 10.5. The van der Waals surface area contributed by atoms with Crippen LogP contribution in [0.25, 0.3) is 0 Å². The Morgan fingerprint density at radius 3 is 2.82 bits per heavy atom. The second kappa shape index (κ2) is 4.78. The van der Waals surface area contributed by atoms with Crippen molar-refractivity contribution in [1.29, 1.82) is 0 Å². The van der Waals surface area contributed by atoms with E-state index < -0.39 is 0 Å². The van der Waals surface area contributed by atoms with Gasteiger partial charge in [-0.25, -0.2) is 0 Å². The van der Waals surface area contributed by atoms with Crippen LogP contribution in [-0.4, -0.2) is 18.5 Å². The third kappa shape index (κ3) is 2.14. The van der Waals surface area contributed by atoms with E-state index in [0.717, 1.165) is 24.9 Å². The van der Waals surface area contributed by atoms with Crippen LogP contribution in [0.4, 0.5) is 5.69 Å². The lowest BCUT2D eigenvalue weighted by atomic mass is 9.85. The van der Waals surface area contributed by atoms with E-state index in [1.54, 1.807) is 0 Å². The number of nitrogens with two attached hydrogens (primary N) is 1. The first-order chi connectivity index (χ1) is 8.15. The van der Waals surface area contributed by atoms with Gasteiger partial charge in [-0.1, -0.05) is 25.1 Å². The molecule has 0 radical (unpaired) electrons. The summed E-state index contributed by atoms with van der Waals surface area (Å²) in [6, 6.07) is 8.50. The van der Waals surface area contributed by atoms with Gasteiger partial charge in [-0.05, 0) is 31.4 Å². The second-order valence-electron chi connectivity index (χ2n) is 4.79. The maximum absolute atomic E-state index is 11.5. The minimum Gasteiger partial charge on any atom is -0.369 e. The normalized spacial score (nSPS) is 23.3. The SMILES string of the molecule is CCCN1c2ccccc2[C@H](C(N)=O)C[C@@H]1C. The van der Waals surface area contributed by atoms with Gasteiger partial charge in [0.05, 0.1) is 5.92 Å². The molecule has 17 heavy (non-hydrogen) atoms. The lowest BCUT2D eigenvalue weighted by Crippen LogP contribution is -2.42. The van der Waals surface area contributed by atoms with Crippen molar-refractivity contribution >= 4 is 11.6 Å². The van der Waals surface area contributed by atoms with Crippen molar-refractivity contribution in [2.45, 2.75) is 38.6 Å². The fraction of sp³-hybridized carbons (Fsp3) is 0.500. The van der Waals surface area contributed by atoms with Crippen LogP contribution in [0.1, 0.15) is 38.2 Å². The first-order valence-electron chi connectivity index (χ1n) is 6.30. The van der Waals surface area contributed by atoms with Gasteiger partial charge in [-0.15, -0.1) is 0 Å². The smallest absolute Gasteiger partial charge is 0.225 e.